The molecule has 3 aliphatic heterocycles. The molecule has 9 heteroatoms. The number of rotatable bonds is 11. The average molecular weight is 586 g/mol. The van der Waals surface area contributed by atoms with Crippen molar-refractivity contribution in [2.24, 2.45) is 17.0 Å². The second kappa shape index (κ2) is 14.0. The van der Waals surface area contributed by atoms with E-state index in [0.29, 0.717) is 19.8 Å². The van der Waals surface area contributed by atoms with E-state index in [1.54, 1.807) is 0 Å². The molecule has 0 aromatic heterocycles. The van der Waals surface area contributed by atoms with E-state index in [1.807, 2.05) is 66.7 Å². The molecule has 2 bridgehead atoms. The normalized spacial score (nSPS) is 33.5. The van der Waals surface area contributed by atoms with Crippen LogP contribution in [0.3, 0.4) is 0 Å². The first-order valence-electron chi connectivity index (χ1n) is 15.1. The lowest BCUT2D eigenvalue weighted by Crippen LogP contribution is -2.59. The predicted molar refractivity (Wildman–Crippen MR) is 160 cm³/mol. The van der Waals surface area contributed by atoms with Crippen LogP contribution in [-0.2, 0) is 48.1 Å². The average Bonchev–Trinajstić information content (AvgIpc) is 3.48. The van der Waals surface area contributed by atoms with Gasteiger partial charge in [0, 0.05) is 16.7 Å². The van der Waals surface area contributed by atoms with E-state index in [2.05, 4.69) is 48.1 Å². The van der Waals surface area contributed by atoms with Crippen LogP contribution in [0.2, 0.25) is 0 Å². The summed E-state index contributed by atoms with van der Waals surface area (Å²) in [5.74, 6) is 0.0140. The number of ether oxygens (including phenoxy) is 6. The summed E-state index contributed by atoms with van der Waals surface area (Å²) in [5, 5.41) is 4.04. The van der Waals surface area contributed by atoms with Gasteiger partial charge in [-0.05, 0) is 28.6 Å². The van der Waals surface area contributed by atoms with Crippen LogP contribution < -0.4 is 0 Å². The lowest BCUT2D eigenvalue weighted by atomic mass is 9.83. The molecule has 0 N–H and O–H groups in total. The minimum Gasteiger partial charge on any atom is -0.373 e. The van der Waals surface area contributed by atoms with Crippen molar-refractivity contribution in [1.29, 1.82) is 0 Å². The number of benzene rings is 3. The van der Waals surface area contributed by atoms with E-state index in [0.717, 1.165) is 17.5 Å². The van der Waals surface area contributed by atoms with Gasteiger partial charge in [0.2, 0.25) is 0 Å². The molecule has 226 valence electrons. The van der Waals surface area contributed by atoms with Gasteiger partial charge in [-0.1, -0.05) is 110 Å². The van der Waals surface area contributed by atoms with Crippen molar-refractivity contribution in [3.63, 3.8) is 0 Å². The highest BCUT2D eigenvalue weighted by Gasteiger charge is 2.54. The molecule has 0 aliphatic carbocycles. The zero-order valence-electron chi connectivity index (χ0n) is 24.6. The molecule has 0 radical (unpaired) electrons. The van der Waals surface area contributed by atoms with Crippen LogP contribution in [0, 0.1) is 11.8 Å². The molecular formula is C34H39N3O6. The summed E-state index contributed by atoms with van der Waals surface area (Å²) in [6.07, 6.45) is -2.38. The Kier molecular flexibility index (Phi) is 9.71. The predicted octanol–water partition coefficient (Wildman–Crippen LogP) is 6.22. The standard InChI is InChI=1S/C34H39N3O6/c1-22-27(18-24-12-6-3-7-13-24)41-33(23(2)30(22)38-19-25-14-8-4-9-15-25)43-31-28-21-40-34(42-28)29(36-37-35)32(31)39-20-26-16-10-5-11-17-26/h3-17,22-23,27-34H,18-21H2,1-2H3/t22-,23?,27?,28?,29?,30-,31?,32+,33+,34-/m1/s1. The SMILES string of the molecule is CC1[C@H](OC2C3CO[C@H](O3)C(N=[N+]=[N-])[C@@H]2OCc2ccccc2)OC(Cc2ccccc2)[C@@H](C)[C@H]1OCc1ccccc1. The van der Waals surface area contributed by atoms with Gasteiger partial charge < -0.3 is 28.4 Å². The summed E-state index contributed by atoms with van der Waals surface area (Å²) in [5.41, 5.74) is 12.7. The summed E-state index contributed by atoms with van der Waals surface area (Å²) in [4.78, 5) is 3.09. The number of azide groups is 1. The third-order valence-corrected chi connectivity index (χ3v) is 8.73. The molecule has 3 saturated heterocycles. The molecule has 9 nitrogen and oxygen atoms in total. The lowest BCUT2D eigenvalue weighted by Gasteiger charge is -2.47. The third kappa shape index (κ3) is 6.95. The number of nitrogens with zero attached hydrogens (tertiary/aromatic N) is 3. The van der Waals surface area contributed by atoms with Crippen LogP contribution >= 0.6 is 0 Å². The molecular weight excluding hydrogens is 546 g/mol. The number of hydrogen-bond donors (Lipinski definition) is 0. The van der Waals surface area contributed by atoms with Gasteiger partial charge in [-0.25, -0.2) is 0 Å². The highest BCUT2D eigenvalue weighted by Crippen LogP contribution is 2.40. The monoisotopic (exact) mass is 585 g/mol. The highest BCUT2D eigenvalue weighted by atomic mass is 16.8. The fraction of sp³-hybridized carbons (Fsp3) is 0.471. The number of fused-ring (bicyclic) bond motifs is 2. The fourth-order valence-corrected chi connectivity index (χ4v) is 6.38. The Hall–Kier alpha value is -3.27. The molecule has 6 rings (SSSR count). The van der Waals surface area contributed by atoms with Crippen LogP contribution in [0.25, 0.3) is 10.4 Å². The number of hydrogen-bond acceptors (Lipinski definition) is 7. The molecule has 0 saturated carbocycles. The Labute approximate surface area is 252 Å². The first-order chi connectivity index (χ1) is 21.1. The summed E-state index contributed by atoms with van der Waals surface area (Å²) >= 11 is 0. The molecule has 0 spiro atoms. The maximum absolute atomic E-state index is 9.40. The maximum Gasteiger partial charge on any atom is 0.169 e. The van der Waals surface area contributed by atoms with E-state index in [1.165, 1.54) is 5.56 Å². The molecule has 3 fully saturated rings. The first-order valence-corrected chi connectivity index (χ1v) is 15.1. The topological polar surface area (TPSA) is 104 Å². The first kappa shape index (κ1) is 29.8. The van der Waals surface area contributed by atoms with Gasteiger partial charge in [0.15, 0.2) is 12.6 Å². The van der Waals surface area contributed by atoms with E-state index in [9.17, 15) is 5.53 Å². The Morgan fingerprint density at radius 3 is 1.93 bits per heavy atom. The van der Waals surface area contributed by atoms with Crippen molar-refractivity contribution in [2.75, 3.05) is 6.61 Å². The van der Waals surface area contributed by atoms with Gasteiger partial charge >= 0.3 is 0 Å². The second-order valence-corrected chi connectivity index (χ2v) is 11.6. The van der Waals surface area contributed by atoms with Crippen molar-refractivity contribution < 1.29 is 28.4 Å². The van der Waals surface area contributed by atoms with Crippen LogP contribution in [0.4, 0.5) is 0 Å². The zero-order valence-corrected chi connectivity index (χ0v) is 24.6. The summed E-state index contributed by atoms with van der Waals surface area (Å²) < 4.78 is 38.7. The third-order valence-electron chi connectivity index (χ3n) is 8.73. The Morgan fingerprint density at radius 2 is 1.33 bits per heavy atom. The highest BCUT2D eigenvalue weighted by molar-refractivity contribution is 5.17. The van der Waals surface area contributed by atoms with Crippen molar-refractivity contribution in [3.05, 3.63) is 118 Å². The maximum atomic E-state index is 9.40. The molecule has 10 atom stereocenters. The van der Waals surface area contributed by atoms with Crippen LogP contribution in [0.15, 0.2) is 96.1 Å². The van der Waals surface area contributed by atoms with E-state index in [4.69, 9.17) is 28.4 Å². The zero-order chi connectivity index (χ0) is 29.6. The second-order valence-electron chi connectivity index (χ2n) is 11.6. The summed E-state index contributed by atoms with van der Waals surface area (Å²) in [7, 11) is 0. The quantitative estimate of drug-likeness (QED) is 0.150. The van der Waals surface area contributed by atoms with Crippen LogP contribution in [0.5, 0.6) is 0 Å². The Balaban J connectivity index is 1.25. The van der Waals surface area contributed by atoms with Crippen molar-refractivity contribution in [1.82, 2.24) is 0 Å². The molecule has 5 unspecified atom stereocenters. The Morgan fingerprint density at radius 1 is 0.744 bits per heavy atom. The minimum absolute atomic E-state index is 0.0986. The van der Waals surface area contributed by atoms with Gasteiger partial charge in [0.25, 0.3) is 0 Å². The van der Waals surface area contributed by atoms with Crippen LogP contribution in [0.1, 0.15) is 30.5 Å². The van der Waals surface area contributed by atoms with Crippen molar-refractivity contribution in [3.8, 4) is 0 Å². The smallest absolute Gasteiger partial charge is 0.169 e. The molecule has 43 heavy (non-hydrogen) atoms. The fourth-order valence-electron chi connectivity index (χ4n) is 6.38. The van der Waals surface area contributed by atoms with Crippen LogP contribution in [-0.4, -0.2) is 55.7 Å². The molecule has 3 aliphatic rings. The van der Waals surface area contributed by atoms with E-state index < -0.39 is 30.8 Å². The van der Waals surface area contributed by atoms with Gasteiger partial charge in [-0.2, -0.15) is 0 Å². The van der Waals surface area contributed by atoms with Gasteiger partial charge in [-0.3, -0.25) is 0 Å². The summed E-state index contributed by atoms with van der Waals surface area (Å²) in [6, 6.07) is 29.7. The summed E-state index contributed by atoms with van der Waals surface area (Å²) in [6.45, 7) is 5.45. The van der Waals surface area contributed by atoms with Crippen molar-refractivity contribution in [2.45, 2.75) is 82.6 Å². The van der Waals surface area contributed by atoms with Gasteiger partial charge in [0.1, 0.15) is 24.4 Å². The van der Waals surface area contributed by atoms with Gasteiger partial charge in [-0.15, -0.1) is 0 Å². The molecule has 3 heterocycles. The largest absolute Gasteiger partial charge is 0.373 e. The van der Waals surface area contributed by atoms with E-state index >= 15 is 0 Å². The molecule has 3 aromatic carbocycles. The minimum atomic E-state index is -0.708. The molecule has 0 amide bonds. The van der Waals surface area contributed by atoms with Crippen molar-refractivity contribution >= 4 is 0 Å². The lowest BCUT2D eigenvalue weighted by molar-refractivity contribution is -0.314. The Bertz CT molecular complexity index is 1340. The van der Waals surface area contributed by atoms with Gasteiger partial charge in [0.05, 0.1) is 32.0 Å². The van der Waals surface area contributed by atoms with E-state index in [-0.39, 0.29) is 30.1 Å². The molecule has 3 aromatic rings.